The molecule has 22 heavy (non-hydrogen) atoms. The molecule has 0 aliphatic carbocycles. The van der Waals surface area contributed by atoms with Gasteiger partial charge in [-0.25, -0.2) is 0 Å². The molecule has 1 aliphatic heterocycles. The van der Waals surface area contributed by atoms with Crippen LogP contribution in [0.4, 0.5) is 0 Å². The van der Waals surface area contributed by atoms with E-state index in [1.807, 2.05) is 13.8 Å². The van der Waals surface area contributed by atoms with E-state index in [2.05, 4.69) is 0 Å². The summed E-state index contributed by atoms with van der Waals surface area (Å²) in [6.45, 7) is 4.66. The predicted molar refractivity (Wildman–Crippen MR) is 82.7 cm³/mol. The lowest BCUT2D eigenvalue weighted by Crippen LogP contribution is -2.49. The summed E-state index contributed by atoms with van der Waals surface area (Å²) in [7, 11) is 0. The maximum absolute atomic E-state index is 12.1. The highest BCUT2D eigenvalue weighted by Gasteiger charge is 2.26. The molecule has 1 heterocycles. The molecule has 1 aromatic carbocycles. The van der Waals surface area contributed by atoms with Crippen LogP contribution in [0, 0.1) is 0 Å². The number of esters is 1. The number of hydrogen-bond donors (Lipinski definition) is 0. The van der Waals surface area contributed by atoms with Crippen LogP contribution in [-0.2, 0) is 25.5 Å². The van der Waals surface area contributed by atoms with Gasteiger partial charge in [0.1, 0.15) is 0 Å². The van der Waals surface area contributed by atoms with Crippen molar-refractivity contribution in [2.24, 2.45) is 0 Å². The maximum atomic E-state index is 12.1. The van der Waals surface area contributed by atoms with E-state index >= 15 is 0 Å². The van der Waals surface area contributed by atoms with Crippen molar-refractivity contribution < 1.29 is 19.1 Å². The minimum Gasteiger partial charge on any atom is -0.455 e. The fraction of sp³-hybridized carbons (Fsp3) is 0.500. The first-order valence-corrected chi connectivity index (χ1v) is 7.65. The summed E-state index contributed by atoms with van der Waals surface area (Å²) < 4.78 is 10.6. The van der Waals surface area contributed by atoms with Gasteiger partial charge in [-0.1, -0.05) is 23.7 Å². The van der Waals surface area contributed by atoms with Crippen molar-refractivity contribution in [1.82, 2.24) is 4.90 Å². The number of nitrogens with zero attached hydrogens (tertiary/aromatic N) is 1. The summed E-state index contributed by atoms with van der Waals surface area (Å²) >= 11 is 5.78. The Labute approximate surface area is 135 Å². The summed E-state index contributed by atoms with van der Waals surface area (Å²) in [6.07, 6.45) is 0.121. The second-order valence-electron chi connectivity index (χ2n) is 5.52. The molecule has 1 saturated heterocycles. The monoisotopic (exact) mass is 325 g/mol. The lowest BCUT2D eigenvalue weighted by molar-refractivity contribution is -0.156. The average Bonchev–Trinajstić information content (AvgIpc) is 2.46. The van der Waals surface area contributed by atoms with Gasteiger partial charge in [0, 0.05) is 18.1 Å². The third-order valence-corrected chi connectivity index (χ3v) is 3.64. The molecule has 0 radical (unpaired) electrons. The fourth-order valence-electron chi connectivity index (χ4n) is 2.44. The summed E-state index contributed by atoms with van der Waals surface area (Å²) in [5.41, 5.74) is 0.801. The van der Waals surface area contributed by atoms with E-state index in [9.17, 15) is 9.59 Å². The van der Waals surface area contributed by atoms with Gasteiger partial charge in [0.25, 0.3) is 5.91 Å². The molecule has 0 saturated carbocycles. The van der Waals surface area contributed by atoms with Crippen LogP contribution in [0.1, 0.15) is 19.4 Å². The highest BCUT2D eigenvalue weighted by atomic mass is 35.5. The number of ether oxygens (including phenoxy) is 2. The number of hydrogen-bond acceptors (Lipinski definition) is 4. The molecule has 120 valence electrons. The highest BCUT2D eigenvalue weighted by molar-refractivity contribution is 6.30. The van der Waals surface area contributed by atoms with Crippen LogP contribution in [0.25, 0.3) is 0 Å². The van der Waals surface area contributed by atoms with Crippen molar-refractivity contribution in [2.45, 2.75) is 32.5 Å². The van der Waals surface area contributed by atoms with Crippen LogP contribution in [-0.4, -0.2) is 48.7 Å². The third-order valence-electron chi connectivity index (χ3n) is 3.39. The number of rotatable bonds is 4. The molecule has 1 aliphatic rings. The molecule has 0 unspecified atom stereocenters. The summed E-state index contributed by atoms with van der Waals surface area (Å²) in [6, 6.07) is 6.95. The SMILES string of the molecule is C[C@@H]1CN(C(=O)COC(=O)Cc2ccc(Cl)cc2)C[C@H](C)O1. The molecule has 1 fully saturated rings. The van der Waals surface area contributed by atoms with Crippen LogP contribution in [0.3, 0.4) is 0 Å². The largest absolute Gasteiger partial charge is 0.455 e. The molecule has 0 aromatic heterocycles. The van der Waals surface area contributed by atoms with Gasteiger partial charge in [-0.3, -0.25) is 9.59 Å². The van der Waals surface area contributed by atoms with Crippen LogP contribution >= 0.6 is 11.6 Å². The minimum atomic E-state index is -0.426. The Balaban J connectivity index is 1.78. The summed E-state index contributed by atoms with van der Waals surface area (Å²) in [5.74, 6) is -0.614. The topological polar surface area (TPSA) is 55.8 Å². The maximum Gasteiger partial charge on any atom is 0.310 e. The Bertz CT molecular complexity index is 521. The van der Waals surface area contributed by atoms with Gasteiger partial charge in [-0.2, -0.15) is 0 Å². The molecule has 0 N–H and O–H groups in total. The standard InChI is InChI=1S/C16H20ClNO4/c1-11-8-18(9-12(2)22-11)15(19)10-21-16(20)7-13-3-5-14(17)6-4-13/h3-6,11-12H,7-10H2,1-2H3/t11-,12+. The zero-order valence-electron chi connectivity index (χ0n) is 12.8. The van der Waals surface area contributed by atoms with Gasteiger partial charge in [-0.05, 0) is 31.5 Å². The molecule has 0 bridgehead atoms. The Morgan fingerprint density at radius 1 is 1.23 bits per heavy atom. The van der Waals surface area contributed by atoms with Crippen molar-refractivity contribution in [3.8, 4) is 0 Å². The minimum absolute atomic E-state index is 0.00234. The Morgan fingerprint density at radius 3 is 2.41 bits per heavy atom. The molecule has 2 rings (SSSR count). The van der Waals surface area contributed by atoms with Crippen LogP contribution in [0.2, 0.25) is 5.02 Å². The van der Waals surface area contributed by atoms with Gasteiger partial charge < -0.3 is 14.4 Å². The van der Waals surface area contributed by atoms with Gasteiger partial charge in [-0.15, -0.1) is 0 Å². The zero-order valence-corrected chi connectivity index (χ0v) is 13.5. The molecule has 0 spiro atoms. The van der Waals surface area contributed by atoms with E-state index in [-0.39, 0.29) is 31.1 Å². The molecular formula is C16H20ClNO4. The predicted octanol–water partition coefficient (Wildman–Crippen LogP) is 2.06. The Kier molecular flexibility index (Phi) is 5.80. The first-order valence-electron chi connectivity index (χ1n) is 7.27. The number of benzene rings is 1. The number of carbonyl (C=O) groups excluding carboxylic acids is 2. The van der Waals surface area contributed by atoms with Gasteiger partial charge in [0.05, 0.1) is 18.6 Å². The summed E-state index contributed by atoms with van der Waals surface area (Å²) in [4.78, 5) is 25.5. The van der Waals surface area contributed by atoms with Gasteiger partial charge in [0.2, 0.25) is 0 Å². The van der Waals surface area contributed by atoms with E-state index in [0.717, 1.165) is 5.56 Å². The van der Waals surface area contributed by atoms with E-state index in [1.165, 1.54) is 0 Å². The second-order valence-corrected chi connectivity index (χ2v) is 5.96. The molecule has 5 nitrogen and oxygen atoms in total. The summed E-state index contributed by atoms with van der Waals surface area (Å²) in [5, 5.41) is 0.614. The number of carbonyl (C=O) groups is 2. The van der Waals surface area contributed by atoms with Crippen molar-refractivity contribution >= 4 is 23.5 Å². The quantitative estimate of drug-likeness (QED) is 0.795. The third kappa shape index (κ3) is 5.00. The van der Waals surface area contributed by atoms with E-state index in [4.69, 9.17) is 21.1 Å². The fourth-order valence-corrected chi connectivity index (χ4v) is 2.56. The Hall–Kier alpha value is -1.59. The number of amides is 1. The molecule has 2 atom stereocenters. The first-order chi connectivity index (χ1) is 10.4. The van der Waals surface area contributed by atoms with Gasteiger partial charge in [0.15, 0.2) is 6.61 Å². The Morgan fingerprint density at radius 2 is 1.82 bits per heavy atom. The first kappa shape index (κ1) is 16.8. The number of morpholine rings is 1. The van der Waals surface area contributed by atoms with Crippen LogP contribution in [0.5, 0.6) is 0 Å². The van der Waals surface area contributed by atoms with E-state index in [0.29, 0.717) is 18.1 Å². The van der Waals surface area contributed by atoms with E-state index < -0.39 is 5.97 Å². The average molecular weight is 326 g/mol. The second kappa shape index (κ2) is 7.61. The van der Waals surface area contributed by atoms with Gasteiger partial charge >= 0.3 is 5.97 Å². The molecular weight excluding hydrogens is 306 g/mol. The highest BCUT2D eigenvalue weighted by Crippen LogP contribution is 2.12. The van der Waals surface area contributed by atoms with Crippen molar-refractivity contribution in [3.05, 3.63) is 34.9 Å². The van der Waals surface area contributed by atoms with Crippen molar-refractivity contribution in [1.29, 1.82) is 0 Å². The molecule has 1 amide bonds. The number of halogens is 1. The van der Waals surface area contributed by atoms with Crippen molar-refractivity contribution in [3.63, 3.8) is 0 Å². The van der Waals surface area contributed by atoms with Crippen LogP contribution in [0.15, 0.2) is 24.3 Å². The lowest BCUT2D eigenvalue weighted by Gasteiger charge is -2.35. The molecule has 1 aromatic rings. The molecule has 6 heteroatoms. The zero-order chi connectivity index (χ0) is 16.1. The van der Waals surface area contributed by atoms with E-state index in [1.54, 1.807) is 29.2 Å². The smallest absolute Gasteiger partial charge is 0.310 e. The lowest BCUT2D eigenvalue weighted by atomic mass is 10.1. The normalized spacial score (nSPS) is 21.5. The van der Waals surface area contributed by atoms with Crippen LogP contribution < -0.4 is 0 Å². The van der Waals surface area contributed by atoms with Crippen molar-refractivity contribution in [2.75, 3.05) is 19.7 Å².